The molecule has 20 heavy (non-hydrogen) atoms. The molecule has 0 amide bonds. The van der Waals surface area contributed by atoms with Crippen molar-refractivity contribution in [1.82, 2.24) is 19.7 Å². The number of aromatic nitrogens is 4. The maximum atomic E-state index is 11.5. The molecule has 0 bridgehead atoms. The number of aromatic amines is 1. The van der Waals surface area contributed by atoms with Crippen LogP contribution in [-0.4, -0.2) is 39.7 Å². The molecule has 3 rings (SSSR count). The third-order valence-electron chi connectivity index (χ3n) is 3.46. The first-order valence-corrected chi connectivity index (χ1v) is 8.54. The molecule has 1 N–H and O–H groups in total. The molecule has 2 aromatic heterocycles. The Hall–Kier alpha value is -1.54. The van der Waals surface area contributed by atoms with Gasteiger partial charge in [0.2, 0.25) is 0 Å². The molecule has 3 heterocycles. The van der Waals surface area contributed by atoms with Gasteiger partial charge in [-0.1, -0.05) is 0 Å². The Morgan fingerprint density at radius 1 is 1.40 bits per heavy atom. The van der Waals surface area contributed by atoms with Gasteiger partial charge < -0.3 is 0 Å². The average Bonchev–Trinajstić information content (AvgIpc) is 2.95. The molecular weight excluding hydrogens is 296 g/mol. The Bertz CT molecular complexity index is 764. The van der Waals surface area contributed by atoms with E-state index in [1.807, 2.05) is 16.7 Å². The highest BCUT2D eigenvalue weighted by Gasteiger charge is 2.28. The fourth-order valence-corrected chi connectivity index (χ4v) is 4.54. The fraction of sp³-hybridized carbons (Fsp3) is 0.417. The van der Waals surface area contributed by atoms with Crippen molar-refractivity contribution >= 4 is 22.1 Å². The number of sulfone groups is 1. The van der Waals surface area contributed by atoms with E-state index in [2.05, 4.69) is 15.2 Å². The maximum Gasteiger partial charge on any atom is 0.195 e. The van der Waals surface area contributed by atoms with Gasteiger partial charge in [0, 0.05) is 24.5 Å². The highest BCUT2D eigenvalue weighted by Crippen LogP contribution is 2.23. The predicted molar refractivity (Wildman–Crippen MR) is 77.4 cm³/mol. The average molecular weight is 310 g/mol. The standard InChI is InChI=1S/C12H14N4O2S2/c17-20(18)6-3-9(8-20)7-16-11(14-15-12(16)19)10-1-4-13-5-2-10/h1-2,4-5,9H,3,6-8H2,(H,15,19). The summed E-state index contributed by atoms with van der Waals surface area (Å²) in [5, 5.41) is 7.01. The normalized spacial score (nSPS) is 21.1. The first-order valence-electron chi connectivity index (χ1n) is 6.31. The zero-order valence-corrected chi connectivity index (χ0v) is 12.3. The summed E-state index contributed by atoms with van der Waals surface area (Å²) in [7, 11) is -2.88. The summed E-state index contributed by atoms with van der Waals surface area (Å²) in [6.45, 7) is 0.576. The van der Waals surface area contributed by atoms with E-state index in [1.54, 1.807) is 12.4 Å². The summed E-state index contributed by atoms with van der Waals surface area (Å²) in [4.78, 5) is 3.98. The molecule has 0 aromatic carbocycles. The van der Waals surface area contributed by atoms with Gasteiger partial charge in [0.05, 0.1) is 11.5 Å². The quantitative estimate of drug-likeness (QED) is 0.868. The number of hydrogen-bond donors (Lipinski definition) is 1. The summed E-state index contributed by atoms with van der Waals surface area (Å²) in [5.74, 6) is 1.33. The highest BCUT2D eigenvalue weighted by molar-refractivity contribution is 7.91. The molecule has 6 nitrogen and oxygen atoms in total. The van der Waals surface area contributed by atoms with Crippen LogP contribution in [0.4, 0.5) is 0 Å². The van der Waals surface area contributed by atoms with Crippen molar-refractivity contribution in [3.05, 3.63) is 29.3 Å². The van der Waals surface area contributed by atoms with Gasteiger partial charge in [-0.3, -0.25) is 14.6 Å². The molecule has 0 spiro atoms. The lowest BCUT2D eigenvalue weighted by molar-refractivity contribution is 0.489. The first kappa shape index (κ1) is 13.4. The van der Waals surface area contributed by atoms with Gasteiger partial charge >= 0.3 is 0 Å². The smallest absolute Gasteiger partial charge is 0.195 e. The van der Waals surface area contributed by atoms with E-state index in [-0.39, 0.29) is 17.4 Å². The molecule has 0 saturated carbocycles. The van der Waals surface area contributed by atoms with Crippen LogP contribution in [-0.2, 0) is 16.4 Å². The van der Waals surface area contributed by atoms with Gasteiger partial charge in [-0.05, 0) is 36.7 Å². The van der Waals surface area contributed by atoms with Crippen molar-refractivity contribution in [3.63, 3.8) is 0 Å². The summed E-state index contributed by atoms with van der Waals surface area (Å²) in [5.41, 5.74) is 0.910. The van der Waals surface area contributed by atoms with Gasteiger partial charge in [-0.25, -0.2) is 8.42 Å². The minimum atomic E-state index is -2.88. The molecule has 1 saturated heterocycles. The van der Waals surface area contributed by atoms with Crippen LogP contribution in [0.2, 0.25) is 0 Å². The van der Waals surface area contributed by atoms with Crippen molar-refractivity contribution in [1.29, 1.82) is 0 Å². The van der Waals surface area contributed by atoms with E-state index in [0.717, 1.165) is 11.4 Å². The van der Waals surface area contributed by atoms with E-state index < -0.39 is 9.84 Å². The second kappa shape index (κ2) is 5.10. The third kappa shape index (κ3) is 2.66. The topological polar surface area (TPSA) is 80.6 Å². The van der Waals surface area contributed by atoms with Crippen LogP contribution in [0.15, 0.2) is 24.5 Å². The lowest BCUT2D eigenvalue weighted by atomic mass is 10.1. The van der Waals surface area contributed by atoms with Crippen molar-refractivity contribution < 1.29 is 8.42 Å². The van der Waals surface area contributed by atoms with Crippen LogP contribution in [0.1, 0.15) is 6.42 Å². The number of nitrogens with one attached hydrogen (secondary N) is 1. The van der Waals surface area contributed by atoms with E-state index in [9.17, 15) is 8.42 Å². The highest BCUT2D eigenvalue weighted by atomic mass is 32.2. The molecule has 106 valence electrons. The molecule has 1 atom stereocenters. The minimum absolute atomic E-state index is 0.102. The van der Waals surface area contributed by atoms with Crippen LogP contribution in [0.25, 0.3) is 11.4 Å². The molecule has 0 radical (unpaired) electrons. The van der Waals surface area contributed by atoms with E-state index in [4.69, 9.17) is 12.2 Å². The van der Waals surface area contributed by atoms with E-state index in [0.29, 0.717) is 17.7 Å². The molecule has 1 unspecified atom stereocenters. The Morgan fingerprint density at radius 2 is 2.15 bits per heavy atom. The lowest BCUT2D eigenvalue weighted by Gasteiger charge is -2.11. The Balaban J connectivity index is 1.91. The van der Waals surface area contributed by atoms with E-state index >= 15 is 0 Å². The van der Waals surface area contributed by atoms with Gasteiger partial charge in [0.25, 0.3) is 0 Å². The Kier molecular flexibility index (Phi) is 3.43. The monoisotopic (exact) mass is 310 g/mol. The van der Waals surface area contributed by atoms with Crippen LogP contribution in [0.3, 0.4) is 0 Å². The fourth-order valence-electron chi connectivity index (χ4n) is 2.48. The summed E-state index contributed by atoms with van der Waals surface area (Å²) in [6, 6.07) is 3.71. The largest absolute Gasteiger partial charge is 0.300 e. The van der Waals surface area contributed by atoms with Crippen LogP contribution >= 0.6 is 12.2 Å². The van der Waals surface area contributed by atoms with E-state index in [1.165, 1.54) is 0 Å². The number of nitrogens with zero attached hydrogens (tertiary/aromatic N) is 3. The van der Waals surface area contributed by atoms with Gasteiger partial charge in [0.15, 0.2) is 20.4 Å². The molecule has 1 aliphatic heterocycles. The van der Waals surface area contributed by atoms with Crippen molar-refractivity contribution in [2.24, 2.45) is 5.92 Å². The predicted octanol–water partition coefficient (Wildman–Crippen LogP) is 1.44. The molecule has 1 fully saturated rings. The second-order valence-electron chi connectivity index (χ2n) is 4.97. The van der Waals surface area contributed by atoms with Gasteiger partial charge in [-0.2, -0.15) is 5.10 Å². The lowest BCUT2D eigenvalue weighted by Crippen LogP contribution is -2.13. The van der Waals surface area contributed by atoms with Crippen LogP contribution in [0.5, 0.6) is 0 Å². The molecule has 2 aromatic rings. The SMILES string of the molecule is O=S1(=O)CCC(Cn2c(-c3ccncc3)n[nH]c2=S)C1. The Labute approximate surface area is 121 Å². The van der Waals surface area contributed by atoms with Crippen molar-refractivity contribution in [2.75, 3.05) is 11.5 Å². The number of pyridine rings is 1. The zero-order chi connectivity index (χ0) is 14.2. The molecule has 1 aliphatic rings. The zero-order valence-electron chi connectivity index (χ0n) is 10.7. The van der Waals surface area contributed by atoms with Crippen LogP contribution in [0, 0.1) is 10.7 Å². The van der Waals surface area contributed by atoms with Crippen molar-refractivity contribution in [3.8, 4) is 11.4 Å². The van der Waals surface area contributed by atoms with Crippen molar-refractivity contribution in [2.45, 2.75) is 13.0 Å². The van der Waals surface area contributed by atoms with Crippen LogP contribution < -0.4 is 0 Å². The minimum Gasteiger partial charge on any atom is -0.300 e. The Morgan fingerprint density at radius 3 is 2.80 bits per heavy atom. The second-order valence-corrected chi connectivity index (χ2v) is 7.58. The number of hydrogen-bond acceptors (Lipinski definition) is 5. The molecule has 0 aliphatic carbocycles. The van der Waals surface area contributed by atoms with Gasteiger partial charge in [-0.15, -0.1) is 0 Å². The summed E-state index contributed by atoms with van der Waals surface area (Å²) >= 11 is 5.24. The third-order valence-corrected chi connectivity index (χ3v) is 5.61. The number of rotatable bonds is 3. The molecule has 8 heteroatoms. The summed E-state index contributed by atoms with van der Waals surface area (Å²) in [6.07, 6.45) is 4.07. The van der Waals surface area contributed by atoms with Gasteiger partial charge in [0.1, 0.15) is 0 Å². The number of H-pyrrole nitrogens is 1. The molecular formula is C12H14N4O2S2. The maximum absolute atomic E-state index is 11.5. The summed E-state index contributed by atoms with van der Waals surface area (Å²) < 4.78 is 25.5. The first-order chi connectivity index (χ1) is 9.55.